The molecular formula is C17H25N3. The first-order chi connectivity index (χ1) is 9.35. The summed E-state index contributed by atoms with van der Waals surface area (Å²) in [5.41, 5.74) is 3.75. The van der Waals surface area contributed by atoms with E-state index in [0.717, 1.165) is 17.8 Å². The normalized spacial score (nSPS) is 13.2. The van der Waals surface area contributed by atoms with Crippen LogP contribution in [0.25, 0.3) is 0 Å². The zero-order valence-electron chi connectivity index (χ0n) is 13.1. The highest BCUT2D eigenvalue weighted by Gasteiger charge is 2.21. The highest BCUT2D eigenvalue weighted by Crippen LogP contribution is 2.32. The lowest BCUT2D eigenvalue weighted by Gasteiger charge is -2.27. The number of nitrogens with zero attached hydrogens (tertiary/aromatic N) is 2. The van der Waals surface area contributed by atoms with Gasteiger partial charge in [-0.15, -0.1) is 0 Å². The SMILES string of the molecule is Cc1nn(C)cc1NC(CC(C)(C)C)c1ccccc1. The van der Waals surface area contributed by atoms with Gasteiger partial charge in [-0.3, -0.25) is 4.68 Å². The van der Waals surface area contributed by atoms with Gasteiger partial charge in [0, 0.05) is 13.2 Å². The molecule has 0 bridgehead atoms. The molecule has 0 aliphatic rings. The molecule has 20 heavy (non-hydrogen) atoms. The van der Waals surface area contributed by atoms with Crippen molar-refractivity contribution in [1.82, 2.24) is 9.78 Å². The van der Waals surface area contributed by atoms with Crippen molar-refractivity contribution in [2.24, 2.45) is 12.5 Å². The molecule has 1 heterocycles. The van der Waals surface area contributed by atoms with Gasteiger partial charge in [0.1, 0.15) is 0 Å². The van der Waals surface area contributed by atoms with Crippen LogP contribution in [-0.4, -0.2) is 9.78 Å². The van der Waals surface area contributed by atoms with Gasteiger partial charge in [-0.2, -0.15) is 5.10 Å². The molecule has 108 valence electrons. The number of nitrogens with one attached hydrogen (secondary N) is 1. The van der Waals surface area contributed by atoms with Gasteiger partial charge < -0.3 is 5.32 Å². The standard InChI is InChI=1S/C17H25N3/c1-13-16(12-20(5)19-13)18-15(11-17(2,3)4)14-9-7-6-8-10-14/h6-10,12,15,18H,11H2,1-5H3. The summed E-state index contributed by atoms with van der Waals surface area (Å²) >= 11 is 0. The first-order valence-electron chi connectivity index (χ1n) is 7.17. The topological polar surface area (TPSA) is 29.9 Å². The number of aryl methyl sites for hydroxylation is 2. The molecule has 0 saturated carbocycles. The predicted molar refractivity (Wildman–Crippen MR) is 84.8 cm³/mol. The summed E-state index contributed by atoms with van der Waals surface area (Å²) in [4.78, 5) is 0. The zero-order valence-corrected chi connectivity index (χ0v) is 13.1. The Kier molecular flexibility index (Phi) is 4.17. The second-order valence-electron chi connectivity index (χ2n) is 6.67. The molecule has 2 rings (SSSR count). The molecule has 0 amide bonds. The summed E-state index contributed by atoms with van der Waals surface area (Å²) < 4.78 is 1.86. The van der Waals surface area contributed by atoms with E-state index in [2.05, 4.69) is 61.5 Å². The van der Waals surface area contributed by atoms with Gasteiger partial charge in [0.15, 0.2) is 0 Å². The summed E-state index contributed by atoms with van der Waals surface area (Å²) in [5, 5.41) is 8.07. The molecule has 0 radical (unpaired) electrons. The Labute approximate surface area is 122 Å². The van der Waals surface area contributed by atoms with Crippen LogP contribution in [0.15, 0.2) is 36.5 Å². The molecule has 1 atom stereocenters. The number of hydrogen-bond donors (Lipinski definition) is 1. The van der Waals surface area contributed by atoms with Crippen molar-refractivity contribution < 1.29 is 0 Å². The number of benzene rings is 1. The van der Waals surface area contributed by atoms with Crippen molar-refractivity contribution in [3.05, 3.63) is 47.8 Å². The Bertz CT molecular complexity index is 549. The number of aromatic nitrogens is 2. The maximum absolute atomic E-state index is 4.41. The Hall–Kier alpha value is -1.77. The van der Waals surface area contributed by atoms with E-state index in [1.165, 1.54) is 5.56 Å². The highest BCUT2D eigenvalue weighted by molar-refractivity contribution is 5.47. The van der Waals surface area contributed by atoms with E-state index in [9.17, 15) is 0 Å². The van der Waals surface area contributed by atoms with Crippen LogP contribution >= 0.6 is 0 Å². The molecule has 0 spiro atoms. The average Bonchev–Trinajstić information content (AvgIpc) is 2.66. The van der Waals surface area contributed by atoms with Gasteiger partial charge in [0.2, 0.25) is 0 Å². The van der Waals surface area contributed by atoms with E-state index in [-0.39, 0.29) is 5.41 Å². The van der Waals surface area contributed by atoms with Crippen LogP contribution in [0, 0.1) is 12.3 Å². The minimum absolute atomic E-state index is 0.267. The summed E-state index contributed by atoms with van der Waals surface area (Å²) in [6.45, 7) is 8.88. The van der Waals surface area contributed by atoms with E-state index in [0.29, 0.717) is 6.04 Å². The minimum atomic E-state index is 0.267. The summed E-state index contributed by atoms with van der Waals surface area (Å²) in [5.74, 6) is 0. The third-order valence-electron chi connectivity index (χ3n) is 3.36. The smallest absolute Gasteiger partial charge is 0.0825 e. The number of anilines is 1. The number of rotatable bonds is 4. The molecule has 1 N–H and O–H groups in total. The highest BCUT2D eigenvalue weighted by atomic mass is 15.3. The second kappa shape index (κ2) is 5.70. The molecule has 1 aromatic carbocycles. The van der Waals surface area contributed by atoms with Crippen molar-refractivity contribution in [2.45, 2.75) is 40.2 Å². The van der Waals surface area contributed by atoms with E-state index < -0.39 is 0 Å². The molecule has 3 nitrogen and oxygen atoms in total. The Balaban J connectivity index is 2.25. The molecule has 1 aromatic heterocycles. The lowest BCUT2D eigenvalue weighted by atomic mass is 9.85. The van der Waals surface area contributed by atoms with E-state index >= 15 is 0 Å². The maximum Gasteiger partial charge on any atom is 0.0825 e. The molecule has 0 aliphatic heterocycles. The van der Waals surface area contributed by atoms with E-state index in [1.54, 1.807) is 0 Å². The molecule has 2 aromatic rings. The van der Waals surface area contributed by atoms with Crippen LogP contribution in [0.1, 0.15) is 44.5 Å². The molecule has 0 fully saturated rings. The van der Waals surface area contributed by atoms with Gasteiger partial charge in [-0.05, 0) is 24.3 Å². The first-order valence-corrected chi connectivity index (χ1v) is 7.17. The fraction of sp³-hybridized carbons (Fsp3) is 0.471. The van der Waals surface area contributed by atoms with Crippen molar-refractivity contribution >= 4 is 5.69 Å². The van der Waals surface area contributed by atoms with Crippen LogP contribution in [-0.2, 0) is 7.05 Å². The fourth-order valence-corrected chi connectivity index (χ4v) is 2.48. The maximum atomic E-state index is 4.41. The Morgan fingerprint density at radius 1 is 1.20 bits per heavy atom. The first kappa shape index (κ1) is 14.6. The van der Waals surface area contributed by atoms with Crippen molar-refractivity contribution in [3.8, 4) is 0 Å². The zero-order chi connectivity index (χ0) is 14.8. The van der Waals surface area contributed by atoms with Gasteiger partial charge in [0.05, 0.1) is 17.4 Å². The minimum Gasteiger partial charge on any atom is -0.375 e. The van der Waals surface area contributed by atoms with Gasteiger partial charge in [-0.25, -0.2) is 0 Å². The lowest BCUT2D eigenvalue weighted by molar-refractivity contribution is 0.352. The summed E-state index contributed by atoms with van der Waals surface area (Å²) in [7, 11) is 1.96. The molecule has 0 saturated heterocycles. The Morgan fingerprint density at radius 2 is 1.85 bits per heavy atom. The third-order valence-corrected chi connectivity index (χ3v) is 3.36. The predicted octanol–water partition coefficient (Wildman–Crippen LogP) is 4.32. The van der Waals surface area contributed by atoms with E-state index in [4.69, 9.17) is 0 Å². The van der Waals surface area contributed by atoms with Gasteiger partial charge in [0.25, 0.3) is 0 Å². The lowest BCUT2D eigenvalue weighted by Crippen LogP contribution is -2.18. The quantitative estimate of drug-likeness (QED) is 0.897. The van der Waals surface area contributed by atoms with Crippen molar-refractivity contribution in [3.63, 3.8) is 0 Å². The van der Waals surface area contributed by atoms with Crippen molar-refractivity contribution in [2.75, 3.05) is 5.32 Å². The molecular weight excluding hydrogens is 246 g/mol. The van der Waals surface area contributed by atoms with Gasteiger partial charge >= 0.3 is 0 Å². The number of hydrogen-bond acceptors (Lipinski definition) is 2. The van der Waals surface area contributed by atoms with Crippen LogP contribution in [0.2, 0.25) is 0 Å². The van der Waals surface area contributed by atoms with Crippen LogP contribution < -0.4 is 5.32 Å². The van der Waals surface area contributed by atoms with Crippen LogP contribution in [0.3, 0.4) is 0 Å². The van der Waals surface area contributed by atoms with Crippen LogP contribution in [0.4, 0.5) is 5.69 Å². The van der Waals surface area contributed by atoms with Gasteiger partial charge in [-0.1, -0.05) is 51.1 Å². The Morgan fingerprint density at radius 3 is 2.35 bits per heavy atom. The average molecular weight is 271 g/mol. The van der Waals surface area contributed by atoms with E-state index in [1.807, 2.05) is 24.9 Å². The molecule has 0 aliphatic carbocycles. The second-order valence-corrected chi connectivity index (χ2v) is 6.67. The van der Waals surface area contributed by atoms with Crippen molar-refractivity contribution in [1.29, 1.82) is 0 Å². The molecule has 1 unspecified atom stereocenters. The molecule has 3 heteroatoms. The largest absolute Gasteiger partial charge is 0.375 e. The summed E-state index contributed by atoms with van der Waals surface area (Å²) in [6, 6.07) is 10.9. The van der Waals surface area contributed by atoms with Crippen LogP contribution in [0.5, 0.6) is 0 Å². The monoisotopic (exact) mass is 271 g/mol. The summed E-state index contributed by atoms with van der Waals surface area (Å²) in [6.07, 6.45) is 3.12. The third kappa shape index (κ3) is 3.86. The fourth-order valence-electron chi connectivity index (χ4n) is 2.48.